The fourth-order valence-electron chi connectivity index (χ4n) is 3.35. The van der Waals surface area contributed by atoms with Gasteiger partial charge in [0.1, 0.15) is 5.75 Å². The SMILES string of the molecule is COc1ccc([C@H]2CN(Cc3ccccc3)C[C@@H]2NC(=O)O)cc1. The molecule has 0 aliphatic carbocycles. The van der Waals surface area contributed by atoms with Crippen LogP contribution in [-0.2, 0) is 6.54 Å². The van der Waals surface area contributed by atoms with E-state index in [1.54, 1.807) is 7.11 Å². The molecule has 0 unspecified atom stereocenters. The third kappa shape index (κ3) is 3.86. The number of carbonyl (C=O) groups is 1. The molecule has 0 saturated carbocycles. The van der Waals surface area contributed by atoms with Gasteiger partial charge >= 0.3 is 6.09 Å². The Labute approximate surface area is 141 Å². The molecule has 126 valence electrons. The molecule has 1 fully saturated rings. The molecule has 24 heavy (non-hydrogen) atoms. The smallest absolute Gasteiger partial charge is 0.404 e. The van der Waals surface area contributed by atoms with Crippen LogP contribution < -0.4 is 10.1 Å². The van der Waals surface area contributed by atoms with Crippen LogP contribution >= 0.6 is 0 Å². The molecule has 1 heterocycles. The summed E-state index contributed by atoms with van der Waals surface area (Å²) in [6.07, 6.45) is -0.972. The molecule has 0 radical (unpaired) electrons. The van der Waals surface area contributed by atoms with Gasteiger partial charge in [-0.2, -0.15) is 0 Å². The van der Waals surface area contributed by atoms with E-state index in [0.717, 1.165) is 24.4 Å². The Hall–Kier alpha value is -2.53. The van der Waals surface area contributed by atoms with Crippen LogP contribution in [-0.4, -0.2) is 42.3 Å². The van der Waals surface area contributed by atoms with Gasteiger partial charge in [-0.15, -0.1) is 0 Å². The number of carboxylic acid groups (broad SMARTS) is 1. The highest BCUT2D eigenvalue weighted by atomic mass is 16.5. The summed E-state index contributed by atoms with van der Waals surface area (Å²) >= 11 is 0. The molecule has 1 amide bonds. The minimum Gasteiger partial charge on any atom is -0.497 e. The summed E-state index contributed by atoms with van der Waals surface area (Å²) in [6, 6.07) is 18.0. The summed E-state index contributed by atoms with van der Waals surface area (Å²) < 4.78 is 5.20. The van der Waals surface area contributed by atoms with Crippen LogP contribution in [0.1, 0.15) is 17.0 Å². The van der Waals surface area contributed by atoms with Gasteiger partial charge in [-0.05, 0) is 23.3 Å². The summed E-state index contributed by atoms with van der Waals surface area (Å²) in [5, 5.41) is 11.8. The molecule has 1 aliphatic rings. The maximum atomic E-state index is 11.1. The zero-order valence-electron chi connectivity index (χ0n) is 13.7. The molecule has 0 aromatic heterocycles. The van der Waals surface area contributed by atoms with Crippen molar-refractivity contribution in [1.82, 2.24) is 10.2 Å². The van der Waals surface area contributed by atoms with Gasteiger partial charge in [0.2, 0.25) is 0 Å². The number of likely N-dealkylation sites (tertiary alicyclic amines) is 1. The van der Waals surface area contributed by atoms with Gasteiger partial charge in [-0.25, -0.2) is 4.79 Å². The fourth-order valence-corrected chi connectivity index (χ4v) is 3.35. The minimum absolute atomic E-state index is 0.111. The largest absolute Gasteiger partial charge is 0.497 e. The van der Waals surface area contributed by atoms with Gasteiger partial charge in [0, 0.05) is 25.6 Å². The monoisotopic (exact) mass is 326 g/mol. The number of methoxy groups -OCH3 is 1. The molecular formula is C19H22N2O3. The van der Waals surface area contributed by atoms with E-state index in [1.807, 2.05) is 42.5 Å². The first-order valence-electron chi connectivity index (χ1n) is 8.05. The number of nitrogens with zero attached hydrogens (tertiary/aromatic N) is 1. The van der Waals surface area contributed by atoms with Gasteiger partial charge < -0.3 is 15.2 Å². The number of hydrogen-bond acceptors (Lipinski definition) is 3. The minimum atomic E-state index is -0.972. The highest BCUT2D eigenvalue weighted by Gasteiger charge is 2.34. The Morgan fingerprint density at radius 2 is 1.88 bits per heavy atom. The predicted molar refractivity (Wildman–Crippen MR) is 92.4 cm³/mol. The second-order valence-electron chi connectivity index (χ2n) is 6.12. The van der Waals surface area contributed by atoms with Crippen molar-refractivity contribution in [3.63, 3.8) is 0 Å². The lowest BCUT2D eigenvalue weighted by Crippen LogP contribution is -2.38. The van der Waals surface area contributed by atoms with Crippen LogP contribution in [0, 0.1) is 0 Å². The molecule has 1 saturated heterocycles. The Morgan fingerprint density at radius 1 is 1.17 bits per heavy atom. The summed E-state index contributed by atoms with van der Waals surface area (Å²) in [5.41, 5.74) is 2.37. The third-order valence-corrected chi connectivity index (χ3v) is 4.50. The van der Waals surface area contributed by atoms with E-state index in [-0.39, 0.29) is 12.0 Å². The molecule has 2 atom stereocenters. The molecule has 5 nitrogen and oxygen atoms in total. The molecule has 2 aromatic carbocycles. The summed E-state index contributed by atoms with van der Waals surface area (Å²) in [4.78, 5) is 13.4. The van der Waals surface area contributed by atoms with Gasteiger partial charge in [-0.1, -0.05) is 42.5 Å². The summed E-state index contributed by atoms with van der Waals surface area (Å²) in [5.74, 6) is 0.941. The van der Waals surface area contributed by atoms with Crippen LogP contribution in [0.3, 0.4) is 0 Å². The van der Waals surface area contributed by atoms with Gasteiger partial charge in [0.25, 0.3) is 0 Å². The molecule has 2 N–H and O–H groups in total. The Morgan fingerprint density at radius 3 is 2.50 bits per heavy atom. The zero-order valence-corrected chi connectivity index (χ0v) is 13.7. The van der Waals surface area contributed by atoms with Crippen molar-refractivity contribution in [2.75, 3.05) is 20.2 Å². The molecule has 2 aromatic rings. The number of hydrogen-bond donors (Lipinski definition) is 2. The topological polar surface area (TPSA) is 61.8 Å². The average Bonchev–Trinajstić information content (AvgIpc) is 2.97. The maximum absolute atomic E-state index is 11.1. The molecule has 0 bridgehead atoms. The van der Waals surface area contributed by atoms with Crippen molar-refractivity contribution in [2.24, 2.45) is 0 Å². The van der Waals surface area contributed by atoms with Crippen molar-refractivity contribution < 1.29 is 14.6 Å². The first-order valence-corrected chi connectivity index (χ1v) is 8.05. The van der Waals surface area contributed by atoms with E-state index in [4.69, 9.17) is 9.84 Å². The second-order valence-corrected chi connectivity index (χ2v) is 6.12. The lowest BCUT2D eigenvalue weighted by molar-refractivity contribution is 0.188. The molecule has 3 rings (SSSR count). The van der Waals surface area contributed by atoms with Gasteiger partial charge in [0.15, 0.2) is 0 Å². The summed E-state index contributed by atoms with van der Waals surface area (Å²) in [6.45, 7) is 2.36. The zero-order chi connectivity index (χ0) is 16.9. The molecular weight excluding hydrogens is 304 g/mol. The van der Waals surface area contributed by atoms with E-state index in [2.05, 4.69) is 22.3 Å². The third-order valence-electron chi connectivity index (χ3n) is 4.50. The number of amides is 1. The quantitative estimate of drug-likeness (QED) is 0.887. The van der Waals surface area contributed by atoms with Crippen molar-refractivity contribution in [3.05, 3.63) is 65.7 Å². The second kappa shape index (κ2) is 7.36. The van der Waals surface area contributed by atoms with E-state index >= 15 is 0 Å². The standard InChI is InChI=1S/C19H22N2O3/c1-24-16-9-7-15(8-10-16)17-12-21(13-18(17)20-19(22)23)11-14-5-3-2-4-6-14/h2-10,17-18,20H,11-13H2,1H3,(H,22,23)/t17-,18+/m1/s1. The van der Waals surface area contributed by atoms with Crippen LogP contribution in [0.4, 0.5) is 4.79 Å². The maximum Gasteiger partial charge on any atom is 0.404 e. The molecule has 1 aliphatic heterocycles. The van der Waals surface area contributed by atoms with Crippen molar-refractivity contribution in [1.29, 1.82) is 0 Å². The van der Waals surface area contributed by atoms with Crippen LogP contribution in [0.2, 0.25) is 0 Å². The average molecular weight is 326 g/mol. The number of nitrogens with one attached hydrogen (secondary N) is 1. The van der Waals surface area contributed by atoms with Crippen molar-refractivity contribution in [3.8, 4) is 5.75 Å². The molecule has 5 heteroatoms. The van der Waals surface area contributed by atoms with E-state index < -0.39 is 6.09 Å². The number of rotatable bonds is 5. The van der Waals surface area contributed by atoms with Crippen LogP contribution in [0.25, 0.3) is 0 Å². The highest BCUT2D eigenvalue weighted by Crippen LogP contribution is 2.30. The van der Waals surface area contributed by atoms with E-state index in [0.29, 0.717) is 6.54 Å². The van der Waals surface area contributed by atoms with Crippen LogP contribution in [0.5, 0.6) is 5.75 Å². The number of benzene rings is 2. The first kappa shape index (κ1) is 16.3. The predicted octanol–water partition coefficient (Wildman–Crippen LogP) is 2.93. The fraction of sp³-hybridized carbons (Fsp3) is 0.316. The van der Waals surface area contributed by atoms with Crippen molar-refractivity contribution in [2.45, 2.75) is 18.5 Å². The molecule has 0 spiro atoms. The Bertz CT molecular complexity index is 673. The lowest BCUT2D eigenvalue weighted by Gasteiger charge is -2.18. The van der Waals surface area contributed by atoms with Crippen molar-refractivity contribution >= 4 is 6.09 Å². The lowest BCUT2D eigenvalue weighted by atomic mass is 9.94. The van der Waals surface area contributed by atoms with Gasteiger partial charge in [0.05, 0.1) is 13.2 Å². The van der Waals surface area contributed by atoms with E-state index in [9.17, 15) is 4.79 Å². The van der Waals surface area contributed by atoms with Crippen LogP contribution in [0.15, 0.2) is 54.6 Å². The van der Waals surface area contributed by atoms with Gasteiger partial charge in [-0.3, -0.25) is 4.90 Å². The first-order chi connectivity index (χ1) is 11.7. The Kier molecular flexibility index (Phi) is 5.01. The van der Waals surface area contributed by atoms with E-state index in [1.165, 1.54) is 5.56 Å². The normalized spacial score (nSPS) is 20.7. The highest BCUT2D eigenvalue weighted by molar-refractivity contribution is 5.65. The Balaban J connectivity index is 1.75. The summed E-state index contributed by atoms with van der Waals surface area (Å²) in [7, 11) is 1.64. The number of ether oxygens (including phenoxy) is 1.